The highest BCUT2D eigenvalue weighted by Gasteiger charge is 2.15. The van der Waals surface area contributed by atoms with E-state index in [-0.39, 0.29) is 0 Å². The van der Waals surface area contributed by atoms with Gasteiger partial charge in [-0.15, -0.1) is 0 Å². The van der Waals surface area contributed by atoms with Crippen LogP contribution in [-0.2, 0) is 13.0 Å². The summed E-state index contributed by atoms with van der Waals surface area (Å²) in [7, 11) is 3.73. The van der Waals surface area contributed by atoms with Crippen molar-refractivity contribution in [2.24, 2.45) is 5.92 Å². The van der Waals surface area contributed by atoms with Crippen LogP contribution < -0.4 is 10.1 Å². The molecule has 1 heterocycles. The van der Waals surface area contributed by atoms with E-state index in [1.54, 1.807) is 7.11 Å². The SMILES string of the molecule is CCn1ncc(OC)c1CCC(NC)C(C)C. The molecule has 17 heavy (non-hydrogen) atoms. The molecule has 1 aromatic heterocycles. The molecule has 0 aliphatic heterocycles. The van der Waals surface area contributed by atoms with Crippen molar-refractivity contribution in [1.29, 1.82) is 0 Å². The van der Waals surface area contributed by atoms with E-state index >= 15 is 0 Å². The Morgan fingerprint density at radius 2 is 2.18 bits per heavy atom. The lowest BCUT2D eigenvalue weighted by atomic mass is 9.98. The molecule has 4 nitrogen and oxygen atoms in total. The van der Waals surface area contributed by atoms with Gasteiger partial charge in [-0.1, -0.05) is 13.8 Å². The smallest absolute Gasteiger partial charge is 0.159 e. The fourth-order valence-electron chi connectivity index (χ4n) is 2.19. The van der Waals surface area contributed by atoms with Gasteiger partial charge in [0.15, 0.2) is 5.75 Å². The minimum absolute atomic E-state index is 0.542. The highest BCUT2D eigenvalue weighted by atomic mass is 16.5. The molecule has 98 valence electrons. The first-order chi connectivity index (χ1) is 8.13. The maximum absolute atomic E-state index is 5.35. The number of ether oxygens (including phenoxy) is 1. The lowest BCUT2D eigenvalue weighted by Crippen LogP contribution is -2.31. The van der Waals surface area contributed by atoms with Crippen LogP contribution in [0, 0.1) is 5.92 Å². The van der Waals surface area contributed by atoms with E-state index in [4.69, 9.17) is 4.74 Å². The Hall–Kier alpha value is -1.03. The van der Waals surface area contributed by atoms with E-state index in [1.165, 1.54) is 5.69 Å². The molecular formula is C13H25N3O. The van der Waals surface area contributed by atoms with Gasteiger partial charge in [0.05, 0.1) is 19.0 Å². The molecule has 0 amide bonds. The molecule has 1 atom stereocenters. The van der Waals surface area contributed by atoms with Crippen LogP contribution in [-0.4, -0.2) is 30.0 Å². The number of nitrogens with zero attached hydrogens (tertiary/aromatic N) is 2. The van der Waals surface area contributed by atoms with E-state index in [0.29, 0.717) is 12.0 Å². The Morgan fingerprint density at radius 3 is 2.65 bits per heavy atom. The van der Waals surface area contributed by atoms with Crippen molar-refractivity contribution in [3.8, 4) is 5.75 Å². The van der Waals surface area contributed by atoms with Crippen molar-refractivity contribution in [3.05, 3.63) is 11.9 Å². The van der Waals surface area contributed by atoms with Crippen LogP contribution in [0.3, 0.4) is 0 Å². The molecule has 1 rings (SSSR count). The Kier molecular flexibility index (Phi) is 5.48. The van der Waals surface area contributed by atoms with Gasteiger partial charge in [0.1, 0.15) is 0 Å². The molecule has 0 bridgehead atoms. The molecule has 1 N–H and O–H groups in total. The van der Waals surface area contributed by atoms with Gasteiger partial charge in [0.2, 0.25) is 0 Å². The summed E-state index contributed by atoms with van der Waals surface area (Å²) < 4.78 is 7.37. The van der Waals surface area contributed by atoms with Crippen molar-refractivity contribution in [2.75, 3.05) is 14.2 Å². The first-order valence-corrected chi connectivity index (χ1v) is 6.39. The van der Waals surface area contributed by atoms with Crippen LogP contribution in [0.2, 0.25) is 0 Å². The summed E-state index contributed by atoms with van der Waals surface area (Å²) in [5.41, 5.74) is 1.20. The monoisotopic (exact) mass is 239 g/mol. The maximum atomic E-state index is 5.35. The molecular weight excluding hydrogens is 214 g/mol. The van der Waals surface area contributed by atoms with E-state index in [9.17, 15) is 0 Å². The lowest BCUT2D eigenvalue weighted by molar-refractivity contribution is 0.384. The van der Waals surface area contributed by atoms with Crippen LogP contribution in [0.15, 0.2) is 6.20 Å². The van der Waals surface area contributed by atoms with Gasteiger partial charge in [0.25, 0.3) is 0 Å². The van der Waals surface area contributed by atoms with Gasteiger partial charge in [-0.2, -0.15) is 5.10 Å². The third kappa shape index (κ3) is 3.46. The third-order valence-corrected chi connectivity index (χ3v) is 3.30. The minimum Gasteiger partial charge on any atom is -0.493 e. The summed E-state index contributed by atoms with van der Waals surface area (Å²) in [6.07, 6.45) is 3.92. The first-order valence-electron chi connectivity index (χ1n) is 6.39. The zero-order chi connectivity index (χ0) is 12.8. The summed E-state index contributed by atoms with van der Waals surface area (Å²) in [6.45, 7) is 7.49. The van der Waals surface area contributed by atoms with Crippen molar-refractivity contribution < 1.29 is 4.74 Å². The molecule has 1 unspecified atom stereocenters. The lowest BCUT2D eigenvalue weighted by Gasteiger charge is -2.20. The molecule has 0 radical (unpaired) electrons. The summed E-state index contributed by atoms with van der Waals surface area (Å²) in [4.78, 5) is 0. The van der Waals surface area contributed by atoms with Crippen LogP contribution in [0.5, 0.6) is 5.75 Å². The number of nitrogens with one attached hydrogen (secondary N) is 1. The van der Waals surface area contributed by atoms with Gasteiger partial charge in [-0.3, -0.25) is 4.68 Å². The molecule has 0 fully saturated rings. The molecule has 4 heteroatoms. The second kappa shape index (κ2) is 6.64. The predicted molar refractivity (Wildman–Crippen MR) is 70.5 cm³/mol. The average Bonchev–Trinajstić information content (AvgIpc) is 2.71. The predicted octanol–water partition coefficient (Wildman–Crippen LogP) is 2.09. The number of hydrogen-bond acceptors (Lipinski definition) is 3. The standard InChI is InChI=1S/C13H25N3O/c1-6-16-12(13(17-5)9-15-16)8-7-11(14-4)10(2)3/h9-11,14H,6-8H2,1-5H3. The summed E-state index contributed by atoms with van der Waals surface area (Å²) in [5, 5.41) is 7.69. The van der Waals surface area contributed by atoms with Gasteiger partial charge in [-0.05, 0) is 32.7 Å². The summed E-state index contributed by atoms with van der Waals surface area (Å²) >= 11 is 0. The van der Waals surface area contributed by atoms with E-state index in [0.717, 1.165) is 25.1 Å². The van der Waals surface area contributed by atoms with Gasteiger partial charge >= 0.3 is 0 Å². The number of methoxy groups -OCH3 is 1. The highest BCUT2D eigenvalue weighted by Crippen LogP contribution is 2.20. The third-order valence-electron chi connectivity index (χ3n) is 3.30. The van der Waals surface area contributed by atoms with Crippen LogP contribution in [0.25, 0.3) is 0 Å². The molecule has 0 saturated heterocycles. The zero-order valence-corrected chi connectivity index (χ0v) is 11.7. The molecule has 0 aliphatic carbocycles. The number of rotatable bonds is 7. The highest BCUT2D eigenvalue weighted by molar-refractivity contribution is 5.25. The number of aryl methyl sites for hydroxylation is 1. The topological polar surface area (TPSA) is 39.1 Å². The van der Waals surface area contributed by atoms with Crippen LogP contribution in [0.1, 0.15) is 32.9 Å². The molecule has 0 aromatic carbocycles. The fraction of sp³-hybridized carbons (Fsp3) is 0.769. The van der Waals surface area contributed by atoms with Gasteiger partial charge in [0, 0.05) is 12.6 Å². The van der Waals surface area contributed by atoms with E-state index in [2.05, 4.69) is 31.2 Å². The molecule has 0 saturated carbocycles. The number of hydrogen-bond donors (Lipinski definition) is 1. The Balaban J connectivity index is 2.69. The van der Waals surface area contributed by atoms with E-state index < -0.39 is 0 Å². The van der Waals surface area contributed by atoms with Crippen LogP contribution >= 0.6 is 0 Å². The second-order valence-electron chi connectivity index (χ2n) is 4.65. The Labute approximate surface area is 104 Å². The number of aromatic nitrogens is 2. The van der Waals surface area contributed by atoms with Gasteiger partial charge in [-0.25, -0.2) is 0 Å². The Morgan fingerprint density at radius 1 is 1.47 bits per heavy atom. The Bertz CT molecular complexity index is 312. The minimum atomic E-state index is 0.542. The second-order valence-corrected chi connectivity index (χ2v) is 4.65. The van der Waals surface area contributed by atoms with Crippen molar-refractivity contribution in [2.45, 2.75) is 46.2 Å². The van der Waals surface area contributed by atoms with Crippen molar-refractivity contribution in [1.82, 2.24) is 15.1 Å². The quantitative estimate of drug-likeness (QED) is 0.792. The molecule has 0 spiro atoms. The normalized spacial score (nSPS) is 13.1. The largest absolute Gasteiger partial charge is 0.493 e. The zero-order valence-electron chi connectivity index (χ0n) is 11.7. The molecule has 1 aromatic rings. The maximum Gasteiger partial charge on any atom is 0.159 e. The average molecular weight is 239 g/mol. The van der Waals surface area contributed by atoms with Crippen molar-refractivity contribution >= 4 is 0 Å². The van der Waals surface area contributed by atoms with Crippen LogP contribution in [0.4, 0.5) is 0 Å². The summed E-state index contributed by atoms with van der Waals surface area (Å²) in [5.74, 6) is 1.55. The van der Waals surface area contributed by atoms with Crippen molar-refractivity contribution in [3.63, 3.8) is 0 Å². The van der Waals surface area contributed by atoms with E-state index in [1.807, 2.05) is 17.9 Å². The first kappa shape index (κ1) is 14.0. The fourth-order valence-corrected chi connectivity index (χ4v) is 2.19. The summed E-state index contributed by atoms with van der Waals surface area (Å²) in [6, 6.07) is 0.542. The van der Waals surface area contributed by atoms with Gasteiger partial charge < -0.3 is 10.1 Å². The molecule has 0 aliphatic rings.